The van der Waals surface area contributed by atoms with E-state index in [9.17, 15) is 19.0 Å². The minimum Gasteiger partial charge on any atom is -0.462 e. The normalized spacial score (nSPS) is 14.1. The van der Waals surface area contributed by atoms with Crippen LogP contribution in [0.3, 0.4) is 0 Å². The molecule has 0 aromatic carbocycles. The van der Waals surface area contributed by atoms with Crippen molar-refractivity contribution in [2.45, 2.75) is 174 Å². The van der Waals surface area contributed by atoms with Crippen molar-refractivity contribution >= 4 is 19.8 Å². The van der Waals surface area contributed by atoms with E-state index in [1.165, 1.54) is 51.4 Å². The van der Waals surface area contributed by atoms with E-state index in [4.69, 9.17) is 18.5 Å². The quantitative estimate of drug-likeness (QED) is 0.0165. The molecule has 0 spiro atoms. The summed E-state index contributed by atoms with van der Waals surface area (Å²) in [6.45, 7) is 4.33. The van der Waals surface area contributed by atoms with Gasteiger partial charge in [-0.15, -0.1) is 0 Å². The molecule has 0 aliphatic rings. The average molecular weight is 783 g/mol. The summed E-state index contributed by atoms with van der Waals surface area (Å²) >= 11 is 0. The molecule has 0 fully saturated rings. The highest BCUT2D eigenvalue weighted by molar-refractivity contribution is 7.47. The number of unbranched alkanes of at least 4 members (excludes halogenated alkanes) is 17. The molecule has 2 atom stereocenters. The minimum atomic E-state index is -4.38. The third-order valence-electron chi connectivity index (χ3n) is 8.86. The molecule has 0 rings (SSSR count). The number of hydrogen-bond acceptors (Lipinski definition) is 7. The van der Waals surface area contributed by atoms with Crippen molar-refractivity contribution in [2.24, 2.45) is 0 Å². The predicted octanol–water partition coefficient (Wildman–Crippen LogP) is 11.9. The maximum Gasteiger partial charge on any atom is 0.472 e. The Hall–Kier alpha value is -2.03. The molecule has 0 aromatic rings. The Labute approximate surface area is 331 Å². The van der Waals surface area contributed by atoms with E-state index >= 15 is 0 Å². The highest BCUT2D eigenvalue weighted by atomic mass is 31.2. The molecule has 0 saturated heterocycles. The van der Waals surface area contributed by atoms with E-state index in [1.54, 1.807) is 0 Å². The van der Waals surface area contributed by atoms with Crippen molar-refractivity contribution in [3.63, 3.8) is 0 Å². The number of allylic oxidation sites excluding steroid dienone is 8. The Balaban J connectivity index is 4.44. The summed E-state index contributed by atoms with van der Waals surface area (Å²) in [7, 11) is 1.45. The average Bonchev–Trinajstić information content (AvgIpc) is 3.12. The van der Waals surface area contributed by atoms with E-state index in [0.29, 0.717) is 17.4 Å². The number of nitrogens with zero attached hydrogens (tertiary/aromatic N) is 1. The van der Waals surface area contributed by atoms with Gasteiger partial charge in [0.2, 0.25) is 0 Å². The second kappa shape index (κ2) is 36.6. The summed E-state index contributed by atoms with van der Waals surface area (Å²) in [6.07, 6.45) is 41.5. The summed E-state index contributed by atoms with van der Waals surface area (Å²) in [5.74, 6) is -0.835. The number of likely N-dealkylation sites (N-methyl/N-ethyl adjacent to an activating group) is 1. The van der Waals surface area contributed by atoms with Crippen LogP contribution in [0.15, 0.2) is 48.6 Å². The van der Waals surface area contributed by atoms with Crippen LogP contribution in [0.4, 0.5) is 0 Å². The summed E-state index contributed by atoms with van der Waals surface area (Å²) in [5.41, 5.74) is 0. The van der Waals surface area contributed by atoms with Gasteiger partial charge in [-0.05, 0) is 70.6 Å². The van der Waals surface area contributed by atoms with Gasteiger partial charge >= 0.3 is 19.8 Å². The zero-order valence-corrected chi connectivity index (χ0v) is 36.1. The molecule has 0 saturated carbocycles. The highest BCUT2D eigenvalue weighted by Crippen LogP contribution is 2.43. The number of carbonyl (C=O) groups is 2. The fourth-order valence-electron chi connectivity index (χ4n) is 5.44. The summed E-state index contributed by atoms with van der Waals surface area (Å²) in [4.78, 5) is 35.3. The van der Waals surface area contributed by atoms with Crippen LogP contribution in [0.5, 0.6) is 0 Å². The Bertz CT molecular complexity index is 1070. The fraction of sp³-hybridized carbons (Fsp3) is 0.773. The topological polar surface area (TPSA) is 108 Å². The summed E-state index contributed by atoms with van der Waals surface area (Å²) in [5, 5.41) is 0. The number of quaternary nitrogens is 1. The van der Waals surface area contributed by atoms with Gasteiger partial charge in [0, 0.05) is 12.8 Å². The van der Waals surface area contributed by atoms with Gasteiger partial charge in [-0.1, -0.05) is 133 Å². The van der Waals surface area contributed by atoms with E-state index in [0.717, 1.165) is 83.5 Å². The molecular formula is C44H81NO8P+. The first-order valence-electron chi connectivity index (χ1n) is 21.4. The number of esters is 2. The molecule has 0 aliphatic heterocycles. The second-order valence-corrected chi connectivity index (χ2v) is 16.9. The zero-order chi connectivity index (χ0) is 40.0. The second-order valence-electron chi connectivity index (χ2n) is 15.4. The van der Waals surface area contributed by atoms with Crippen LogP contribution < -0.4 is 0 Å². The number of carbonyl (C=O) groups excluding carboxylic acids is 2. The van der Waals surface area contributed by atoms with Crippen LogP contribution in [-0.2, 0) is 32.7 Å². The minimum absolute atomic E-state index is 0.0246. The standard InChI is InChI=1S/C44H80NO8P/c1-6-8-10-12-14-16-18-20-22-24-26-28-30-32-34-36-43(46)50-40-42(41-52-54(48,49)51-39-38-45(3,4)5)53-44(47)37-35-33-31-29-27-25-23-21-19-17-15-13-11-9-7-2/h14,16-17,19-23,42H,6-13,15,18,24-41H2,1-5H3/p+1/b16-14+,19-17+,22-20+,23-21+/t42-/m1/s1. The maximum atomic E-state index is 12.7. The van der Waals surface area contributed by atoms with Crippen LogP contribution >= 0.6 is 7.82 Å². The van der Waals surface area contributed by atoms with Gasteiger partial charge in [-0.25, -0.2) is 4.57 Å². The monoisotopic (exact) mass is 783 g/mol. The predicted molar refractivity (Wildman–Crippen MR) is 224 cm³/mol. The molecule has 9 nitrogen and oxygen atoms in total. The van der Waals surface area contributed by atoms with Crippen molar-refractivity contribution < 1.29 is 42.1 Å². The first-order valence-corrected chi connectivity index (χ1v) is 22.9. The Morgan fingerprint density at radius 2 is 1.06 bits per heavy atom. The van der Waals surface area contributed by atoms with Crippen molar-refractivity contribution in [2.75, 3.05) is 47.5 Å². The number of rotatable bonds is 38. The van der Waals surface area contributed by atoms with Crippen LogP contribution in [0.2, 0.25) is 0 Å². The van der Waals surface area contributed by atoms with Gasteiger partial charge in [0.05, 0.1) is 27.7 Å². The molecular weight excluding hydrogens is 701 g/mol. The van der Waals surface area contributed by atoms with Gasteiger partial charge in [-0.2, -0.15) is 0 Å². The first-order chi connectivity index (χ1) is 26.0. The number of phosphoric acid groups is 1. The van der Waals surface area contributed by atoms with E-state index in [1.807, 2.05) is 21.1 Å². The van der Waals surface area contributed by atoms with E-state index in [2.05, 4.69) is 62.5 Å². The summed E-state index contributed by atoms with van der Waals surface area (Å²) < 4.78 is 34.2. The molecule has 1 unspecified atom stereocenters. The van der Waals surface area contributed by atoms with E-state index in [-0.39, 0.29) is 32.0 Å². The Morgan fingerprint density at radius 1 is 0.593 bits per heavy atom. The van der Waals surface area contributed by atoms with Crippen LogP contribution in [0.25, 0.3) is 0 Å². The number of phosphoric ester groups is 1. The molecule has 0 aromatic heterocycles. The van der Waals surface area contributed by atoms with Gasteiger partial charge in [0.15, 0.2) is 6.10 Å². The number of ether oxygens (including phenoxy) is 2. The lowest BCUT2D eigenvalue weighted by Gasteiger charge is -2.24. The Kier molecular flexibility index (Phi) is 35.2. The van der Waals surface area contributed by atoms with Crippen molar-refractivity contribution in [3.05, 3.63) is 48.6 Å². The van der Waals surface area contributed by atoms with Crippen molar-refractivity contribution in [3.8, 4) is 0 Å². The summed E-state index contributed by atoms with van der Waals surface area (Å²) in [6, 6.07) is 0. The molecule has 1 N–H and O–H groups in total. The van der Waals surface area contributed by atoms with Crippen molar-refractivity contribution in [1.29, 1.82) is 0 Å². The third kappa shape index (κ3) is 39.7. The highest BCUT2D eigenvalue weighted by Gasteiger charge is 2.27. The molecule has 0 aliphatic carbocycles. The largest absolute Gasteiger partial charge is 0.472 e. The fourth-order valence-corrected chi connectivity index (χ4v) is 6.19. The molecule has 0 amide bonds. The van der Waals surface area contributed by atoms with Crippen LogP contribution in [-0.4, -0.2) is 74.9 Å². The molecule has 0 bridgehead atoms. The smallest absolute Gasteiger partial charge is 0.462 e. The molecule has 10 heteroatoms. The van der Waals surface area contributed by atoms with Crippen LogP contribution in [0.1, 0.15) is 168 Å². The lowest BCUT2D eigenvalue weighted by atomic mass is 10.1. The van der Waals surface area contributed by atoms with Crippen LogP contribution in [0, 0.1) is 0 Å². The SMILES string of the molecule is CCCCC/C=C/C/C=C/CCCCCCCC(=O)OC[C@H](COP(=O)(O)OCC[N+](C)(C)C)OC(=O)CCCCCCC/C=C/C=C/CCCCCC. The van der Waals surface area contributed by atoms with E-state index < -0.39 is 26.5 Å². The lowest BCUT2D eigenvalue weighted by Crippen LogP contribution is -2.37. The van der Waals surface area contributed by atoms with Gasteiger partial charge in [-0.3, -0.25) is 18.6 Å². The zero-order valence-electron chi connectivity index (χ0n) is 35.2. The van der Waals surface area contributed by atoms with Gasteiger partial charge in [0.25, 0.3) is 0 Å². The molecule has 314 valence electrons. The van der Waals surface area contributed by atoms with Gasteiger partial charge < -0.3 is 18.9 Å². The maximum absolute atomic E-state index is 12.7. The van der Waals surface area contributed by atoms with Crippen molar-refractivity contribution in [1.82, 2.24) is 0 Å². The number of hydrogen-bond donors (Lipinski definition) is 1. The molecule has 54 heavy (non-hydrogen) atoms. The van der Waals surface area contributed by atoms with Gasteiger partial charge in [0.1, 0.15) is 19.8 Å². The first kappa shape index (κ1) is 52.0. The third-order valence-corrected chi connectivity index (χ3v) is 9.84. The lowest BCUT2D eigenvalue weighted by molar-refractivity contribution is -0.870. The Morgan fingerprint density at radius 3 is 1.61 bits per heavy atom. The molecule has 0 heterocycles. The molecule has 0 radical (unpaired) electrons.